The van der Waals surface area contributed by atoms with Gasteiger partial charge in [-0.15, -0.1) is 0 Å². The van der Waals surface area contributed by atoms with Crippen molar-refractivity contribution in [2.45, 2.75) is 0 Å². The van der Waals surface area contributed by atoms with E-state index in [1.165, 1.54) is 29.2 Å². The fourth-order valence-electron chi connectivity index (χ4n) is 2.94. The third kappa shape index (κ3) is 2.80. The van der Waals surface area contributed by atoms with Gasteiger partial charge in [-0.1, -0.05) is 28.8 Å². The predicted molar refractivity (Wildman–Crippen MR) is 94.6 cm³/mol. The monoisotopic (exact) mass is 385 g/mol. The number of fused-ring (bicyclic) bond motifs is 1. The van der Waals surface area contributed by atoms with Crippen molar-refractivity contribution in [3.63, 3.8) is 0 Å². The van der Waals surface area contributed by atoms with Gasteiger partial charge in [-0.2, -0.15) is 0 Å². The van der Waals surface area contributed by atoms with E-state index in [1.807, 2.05) is 0 Å². The van der Waals surface area contributed by atoms with Gasteiger partial charge in [-0.3, -0.25) is 14.5 Å². The molecule has 136 valence electrons. The lowest BCUT2D eigenvalue weighted by Gasteiger charge is -2.17. The van der Waals surface area contributed by atoms with Crippen LogP contribution in [0.25, 0.3) is 0 Å². The first kappa shape index (κ1) is 17.0. The van der Waals surface area contributed by atoms with E-state index in [9.17, 15) is 19.2 Å². The zero-order chi connectivity index (χ0) is 19.1. The Bertz CT molecular complexity index is 971. The van der Waals surface area contributed by atoms with E-state index in [-0.39, 0.29) is 27.7 Å². The van der Waals surface area contributed by atoms with Crippen LogP contribution < -0.4 is 10.2 Å². The number of hydroxylamine groups is 2. The van der Waals surface area contributed by atoms with Gasteiger partial charge in [0, 0.05) is 18.8 Å². The smallest absolute Gasteiger partial charge is 0.336 e. The van der Waals surface area contributed by atoms with Crippen molar-refractivity contribution in [3.8, 4) is 0 Å². The summed E-state index contributed by atoms with van der Waals surface area (Å²) in [6.07, 6.45) is 0. The molecule has 4 amide bonds. The van der Waals surface area contributed by atoms with Crippen molar-refractivity contribution in [2.75, 3.05) is 18.0 Å². The summed E-state index contributed by atoms with van der Waals surface area (Å²) in [5.74, 6) is -2.43. The number of carbonyl (C=O) groups excluding carboxylic acids is 4. The van der Waals surface area contributed by atoms with Crippen molar-refractivity contribution in [1.29, 1.82) is 0 Å². The van der Waals surface area contributed by atoms with Gasteiger partial charge in [-0.25, -0.2) is 9.59 Å². The van der Waals surface area contributed by atoms with Crippen LogP contribution in [-0.4, -0.2) is 42.0 Å². The summed E-state index contributed by atoms with van der Waals surface area (Å²) < 4.78 is 0. The molecule has 8 nitrogen and oxygen atoms in total. The largest absolute Gasteiger partial charge is 0.365 e. The summed E-state index contributed by atoms with van der Waals surface area (Å²) in [5, 5.41) is 3.14. The van der Waals surface area contributed by atoms with Gasteiger partial charge in [0.2, 0.25) is 0 Å². The molecule has 0 atom stereocenters. The van der Waals surface area contributed by atoms with E-state index in [4.69, 9.17) is 16.4 Å². The maximum absolute atomic E-state index is 12.5. The average molecular weight is 386 g/mol. The minimum Gasteiger partial charge on any atom is -0.336 e. The van der Waals surface area contributed by atoms with Gasteiger partial charge < -0.3 is 10.2 Å². The van der Waals surface area contributed by atoms with E-state index in [0.29, 0.717) is 23.8 Å². The third-order valence-electron chi connectivity index (χ3n) is 4.27. The first-order chi connectivity index (χ1) is 13.0. The Morgan fingerprint density at radius 3 is 2.30 bits per heavy atom. The first-order valence-corrected chi connectivity index (χ1v) is 8.40. The number of amides is 4. The molecule has 0 saturated carbocycles. The number of nitrogens with zero attached hydrogens (tertiary/aromatic N) is 2. The second-order valence-corrected chi connectivity index (χ2v) is 6.28. The quantitative estimate of drug-likeness (QED) is 0.817. The van der Waals surface area contributed by atoms with Gasteiger partial charge in [0.25, 0.3) is 11.8 Å². The summed E-state index contributed by atoms with van der Waals surface area (Å²) in [6, 6.07) is 10.3. The summed E-state index contributed by atoms with van der Waals surface area (Å²) in [5.41, 5.74) is 0.696. The zero-order valence-corrected chi connectivity index (χ0v) is 14.5. The summed E-state index contributed by atoms with van der Waals surface area (Å²) in [4.78, 5) is 55.4. The van der Waals surface area contributed by atoms with E-state index in [1.54, 1.807) is 18.2 Å². The standard InChI is InChI=1S/C18H12ClN3O5/c19-14-6-5-10(21-8-7-20-18(21)26)9-13(14)17(25)27-22-15(23)11-3-1-2-4-12(11)16(22)24/h1-6,9H,7-8H2,(H,20,26). The van der Waals surface area contributed by atoms with Crippen LogP contribution in [0.5, 0.6) is 0 Å². The molecule has 0 aromatic heterocycles. The van der Waals surface area contributed by atoms with E-state index in [2.05, 4.69) is 5.32 Å². The number of anilines is 1. The molecule has 1 fully saturated rings. The van der Waals surface area contributed by atoms with Crippen LogP contribution in [0, 0.1) is 0 Å². The lowest BCUT2D eigenvalue weighted by Crippen LogP contribution is -2.33. The topological polar surface area (TPSA) is 96.0 Å². The molecule has 1 N–H and O–H groups in total. The van der Waals surface area contributed by atoms with Crippen molar-refractivity contribution in [2.24, 2.45) is 0 Å². The van der Waals surface area contributed by atoms with Crippen molar-refractivity contribution < 1.29 is 24.0 Å². The first-order valence-electron chi connectivity index (χ1n) is 8.02. The lowest BCUT2D eigenvalue weighted by molar-refractivity contribution is -0.0584. The van der Waals surface area contributed by atoms with Crippen LogP contribution in [-0.2, 0) is 4.84 Å². The Labute approximate surface area is 158 Å². The van der Waals surface area contributed by atoms with E-state index >= 15 is 0 Å². The van der Waals surface area contributed by atoms with Crippen molar-refractivity contribution in [3.05, 3.63) is 64.2 Å². The Balaban J connectivity index is 1.60. The molecule has 2 aliphatic rings. The van der Waals surface area contributed by atoms with E-state index in [0.717, 1.165) is 0 Å². The number of hydrogen-bond acceptors (Lipinski definition) is 5. The van der Waals surface area contributed by atoms with Gasteiger partial charge in [0.05, 0.1) is 21.7 Å². The minimum absolute atomic E-state index is 0.0644. The Morgan fingerprint density at radius 2 is 1.70 bits per heavy atom. The lowest BCUT2D eigenvalue weighted by atomic mass is 10.1. The highest BCUT2D eigenvalue weighted by molar-refractivity contribution is 6.33. The van der Waals surface area contributed by atoms with Crippen LogP contribution in [0.4, 0.5) is 10.5 Å². The number of carbonyl (C=O) groups is 4. The van der Waals surface area contributed by atoms with Crippen LogP contribution in [0.1, 0.15) is 31.1 Å². The number of nitrogens with one attached hydrogen (secondary N) is 1. The normalized spacial score (nSPS) is 15.8. The Hall–Kier alpha value is -3.39. The summed E-state index contributed by atoms with van der Waals surface area (Å²) in [6.45, 7) is 0.920. The number of hydrogen-bond donors (Lipinski definition) is 1. The number of halogens is 1. The molecule has 2 aromatic rings. The fraction of sp³-hybridized carbons (Fsp3) is 0.111. The second-order valence-electron chi connectivity index (χ2n) is 5.88. The number of benzene rings is 2. The molecule has 0 radical (unpaired) electrons. The number of imide groups is 1. The molecule has 1 saturated heterocycles. The van der Waals surface area contributed by atoms with Crippen LogP contribution in [0.3, 0.4) is 0 Å². The third-order valence-corrected chi connectivity index (χ3v) is 4.60. The Kier molecular flexibility index (Phi) is 4.04. The highest BCUT2D eigenvalue weighted by Crippen LogP contribution is 2.27. The fourth-order valence-corrected chi connectivity index (χ4v) is 3.13. The number of urea groups is 1. The molecule has 9 heteroatoms. The molecule has 0 bridgehead atoms. The van der Waals surface area contributed by atoms with Crippen molar-refractivity contribution >= 4 is 41.1 Å². The predicted octanol–water partition coefficient (Wildman–Crippen LogP) is 2.24. The van der Waals surface area contributed by atoms with Gasteiger partial charge in [-0.05, 0) is 30.3 Å². The zero-order valence-electron chi connectivity index (χ0n) is 13.8. The van der Waals surface area contributed by atoms with E-state index < -0.39 is 17.8 Å². The SMILES string of the molecule is O=C(ON1C(=O)c2ccccc2C1=O)c1cc(N2CCNC2=O)ccc1Cl. The van der Waals surface area contributed by atoms with Gasteiger partial charge >= 0.3 is 12.0 Å². The average Bonchev–Trinajstić information content (AvgIpc) is 3.20. The van der Waals surface area contributed by atoms with Gasteiger partial charge in [0.15, 0.2) is 0 Å². The van der Waals surface area contributed by atoms with Gasteiger partial charge in [0.1, 0.15) is 0 Å². The van der Waals surface area contributed by atoms with Crippen LogP contribution in [0.2, 0.25) is 5.02 Å². The van der Waals surface area contributed by atoms with Crippen LogP contribution in [0.15, 0.2) is 42.5 Å². The molecule has 27 heavy (non-hydrogen) atoms. The highest BCUT2D eigenvalue weighted by atomic mass is 35.5. The maximum atomic E-state index is 12.5. The van der Waals surface area contributed by atoms with Crippen LogP contribution >= 0.6 is 11.6 Å². The summed E-state index contributed by atoms with van der Waals surface area (Å²) >= 11 is 6.07. The molecule has 4 rings (SSSR count). The molecule has 2 aromatic carbocycles. The maximum Gasteiger partial charge on any atom is 0.365 e. The molecule has 2 heterocycles. The molecule has 2 aliphatic heterocycles. The Morgan fingerprint density at radius 1 is 1.04 bits per heavy atom. The van der Waals surface area contributed by atoms with Crippen molar-refractivity contribution in [1.82, 2.24) is 10.4 Å². The molecular weight excluding hydrogens is 374 g/mol. The highest BCUT2D eigenvalue weighted by Gasteiger charge is 2.39. The molecule has 0 unspecified atom stereocenters. The molecular formula is C18H12ClN3O5. The summed E-state index contributed by atoms with van der Waals surface area (Å²) in [7, 11) is 0. The minimum atomic E-state index is -0.976. The number of rotatable bonds is 3. The molecule has 0 aliphatic carbocycles. The second kappa shape index (κ2) is 6.40. The molecule has 0 spiro atoms.